The summed E-state index contributed by atoms with van der Waals surface area (Å²) in [5, 5.41) is 2.33. The van der Waals surface area contributed by atoms with Gasteiger partial charge in [0.2, 0.25) is 21.8 Å². The highest BCUT2D eigenvalue weighted by molar-refractivity contribution is 8.02. The molecule has 2 aliphatic rings. The number of benzene rings is 3. The molecule has 2 aliphatic heterocycles. The Kier molecular flexibility index (Phi) is 9.44. The van der Waals surface area contributed by atoms with Gasteiger partial charge in [0.15, 0.2) is 0 Å². The number of nitrogens with zero attached hydrogens (tertiary/aromatic N) is 3. The van der Waals surface area contributed by atoms with Crippen LogP contribution in [0.15, 0.2) is 89.8 Å². The second-order valence-corrected chi connectivity index (χ2v) is 13.4. The quantitative estimate of drug-likeness (QED) is 0.406. The zero-order chi connectivity index (χ0) is 28.8. The Bertz CT molecular complexity index is 1430. The molecule has 0 aliphatic carbocycles. The summed E-state index contributed by atoms with van der Waals surface area (Å²) < 4.78 is 28.6. The monoisotopic (exact) mass is 592 g/mol. The van der Waals surface area contributed by atoms with Crippen LogP contribution in [0.5, 0.6) is 0 Å². The molecule has 2 saturated heterocycles. The van der Waals surface area contributed by atoms with Gasteiger partial charge in [0, 0.05) is 51.9 Å². The lowest BCUT2D eigenvalue weighted by atomic mass is 10.0. The van der Waals surface area contributed by atoms with Gasteiger partial charge >= 0.3 is 0 Å². The lowest BCUT2D eigenvalue weighted by Crippen LogP contribution is -2.49. The minimum absolute atomic E-state index is 0.0970. The second-order valence-electron chi connectivity index (χ2n) is 10.3. The van der Waals surface area contributed by atoms with Gasteiger partial charge in [0.05, 0.1) is 10.9 Å². The van der Waals surface area contributed by atoms with E-state index in [0.717, 1.165) is 36.3 Å². The first-order chi connectivity index (χ1) is 19.8. The number of amides is 2. The Morgan fingerprint density at radius 2 is 1.46 bits per heavy atom. The van der Waals surface area contributed by atoms with Crippen LogP contribution in [0.2, 0.25) is 0 Å². The van der Waals surface area contributed by atoms with Crippen LogP contribution in [0.1, 0.15) is 24.9 Å². The van der Waals surface area contributed by atoms with Gasteiger partial charge in [-0.1, -0.05) is 72.8 Å². The summed E-state index contributed by atoms with van der Waals surface area (Å²) in [5.41, 5.74) is 2.93. The molecule has 10 heteroatoms. The first kappa shape index (κ1) is 29.3. The summed E-state index contributed by atoms with van der Waals surface area (Å²) in [6.45, 7) is 5.64. The molecular weight excluding hydrogens is 556 g/mol. The zero-order valence-corrected chi connectivity index (χ0v) is 24.8. The van der Waals surface area contributed by atoms with E-state index in [4.69, 9.17) is 0 Å². The molecule has 1 N–H and O–H groups in total. The van der Waals surface area contributed by atoms with Crippen molar-refractivity contribution in [3.63, 3.8) is 0 Å². The van der Waals surface area contributed by atoms with Crippen molar-refractivity contribution in [1.82, 2.24) is 19.4 Å². The molecule has 216 valence electrons. The third kappa shape index (κ3) is 7.01. The summed E-state index contributed by atoms with van der Waals surface area (Å²) in [5.74, 6) is 0.350. The lowest BCUT2D eigenvalue weighted by Gasteiger charge is -2.35. The van der Waals surface area contributed by atoms with Crippen molar-refractivity contribution < 1.29 is 18.0 Å². The number of carbonyl (C=O) groups is 2. The topological polar surface area (TPSA) is 90.0 Å². The third-order valence-electron chi connectivity index (χ3n) is 7.71. The summed E-state index contributed by atoms with van der Waals surface area (Å²) >= 11 is 1.35. The van der Waals surface area contributed by atoms with E-state index in [2.05, 4.69) is 10.2 Å². The molecule has 8 nitrogen and oxygen atoms in total. The first-order valence-electron chi connectivity index (χ1n) is 13.9. The zero-order valence-electron chi connectivity index (χ0n) is 23.2. The third-order valence-corrected chi connectivity index (χ3v) is 10.9. The van der Waals surface area contributed by atoms with Gasteiger partial charge in [-0.2, -0.15) is 4.31 Å². The number of thioether (sulfide) groups is 1. The molecule has 0 spiro atoms. The van der Waals surface area contributed by atoms with E-state index >= 15 is 0 Å². The van der Waals surface area contributed by atoms with Crippen LogP contribution in [-0.4, -0.2) is 84.7 Å². The summed E-state index contributed by atoms with van der Waals surface area (Å²) in [4.78, 5) is 29.7. The number of sulfonamides is 1. The normalized spacial score (nSPS) is 19.1. The van der Waals surface area contributed by atoms with E-state index < -0.39 is 15.4 Å². The highest BCUT2D eigenvalue weighted by atomic mass is 32.2. The van der Waals surface area contributed by atoms with Crippen LogP contribution in [-0.2, 0) is 19.6 Å². The van der Waals surface area contributed by atoms with E-state index in [9.17, 15) is 18.0 Å². The van der Waals surface area contributed by atoms with E-state index in [1.165, 1.54) is 16.1 Å². The van der Waals surface area contributed by atoms with Crippen molar-refractivity contribution in [2.75, 3.05) is 45.0 Å². The van der Waals surface area contributed by atoms with Gasteiger partial charge in [0.25, 0.3) is 0 Å². The number of hydrogen-bond acceptors (Lipinski definition) is 6. The molecule has 3 aromatic rings. The average Bonchev–Trinajstić information content (AvgIpc) is 3.52. The second kappa shape index (κ2) is 13.2. The lowest BCUT2D eigenvalue weighted by molar-refractivity contribution is -0.130. The predicted molar refractivity (Wildman–Crippen MR) is 163 cm³/mol. The molecule has 2 fully saturated rings. The van der Waals surface area contributed by atoms with Crippen molar-refractivity contribution in [3.8, 4) is 11.1 Å². The Balaban J connectivity index is 1.27. The number of rotatable bonds is 9. The fraction of sp³-hybridized carbons (Fsp3) is 0.355. The maximum absolute atomic E-state index is 13.7. The van der Waals surface area contributed by atoms with Crippen molar-refractivity contribution >= 4 is 33.6 Å². The number of hydrogen-bond donors (Lipinski definition) is 1. The SMILES string of the molecule is CC(=O)N1CCN(CCC(NC(=O)C2SCCN2S(=O)(=O)c2ccc(-c3ccccc3)cc2)c2ccccc2)CC1. The van der Waals surface area contributed by atoms with Crippen LogP contribution < -0.4 is 5.32 Å². The fourth-order valence-corrected chi connectivity index (χ4v) is 8.43. The molecule has 41 heavy (non-hydrogen) atoms. The average molecular weight is 593 g/mol. The standard InChI is InChI=1S/C31H36N4O4S2/c1-24(36)34-20-18-33(19-21-34)17-16-29(27-10-6-3-7-11-27)32-30(37)31-35(22-23-40-31)41(38,39)28-14-12-26(13-15-28)25-8-4-2-5-9-25/h2-15,29,31H,16-23H2,1H3,(H,32,37). The van der Waals surface area contributed by atoms with Crippen molar-refractivity contribution in [3.05, 3.63) is 90.5 Å². The van der Waals surface area contributed by atoms with Crippen molar-refractivity contribution in [2.45, 2.75) is 29.7 Å². The molecule has 0 saturated carbocycles. The molecular formula is C31H36N4O4S2. The molecule has 0 bridgehead atoms. The van der Waals surface area contributed by atoms with Gasteiger partial charge in [-0.05, 0) is 35.2 Å². The molecule has 2 atom stereocenters. The summed E-state index contributed by atoms with van der Waals surface area (Å²) in [7, 11) is -3.86. The fourth-order valence-electron chi connectivity index (χ4n) is 5.34. The van der Waals surface area contributed by atoms with Gasteiger partial charge in [-0.3, -0.25) is 14.5 Å². The van der Waals surface area contributed by atoms with Gasteiger partial charge in [-0.25, -0.2) is 8.42 Å². The van der Waals surface area contributed by atoms with Crippen LogP contribution in [0.3, 0.4) is 0 Å². The highest BCUT2D eigenvalue weighted by Gasteiger charge is 2.40. The largest absolute Gasteiger partial charge is 0.347 e. The first-order valence-corrected chi connectivity index (χ1v) is 16.4. The molecule has 3 aromatic carbocycles. The number of piperazine rings is 1. The van der Waals surface area contributed by atoms with Crippen molar-refractivity contribution in [2.24, 2.45) is 0 Å². The Hall–Kier alpha value is -3.18. The van der Waals surface area contributed by atoms with Crippen LogP contribution in [0, 0.1) is 0 Å². The molecule has 2 unspecified atom stereocenters. The van der Waals surface area contributed by atoms with E-state index in [-0.39, 0.29) is 29.3 Å². The maximum Gasteiger partial charge on any atom is 0.249 e. The number of nitrogens with one attached hydrogen (secondary N) is 1. The smallest absolute Gasteiger partial charge is 0.249 e. The Morgan fingerprint density at radius 3 is 2.10 bits per heavy atom. The molecule has 5 rings (SSSR count). The van der Waals surface area contributed by atoms with E-state index in [1.54, 1.807) is 19.1 Å². The molecule has 2 heterocycles. The molecule has 0 radical (unpaired) electrons. The van der Waals surface area contributed by atoms with Gasteiger partial charge in [-0.15, -0.1) is 11.8 Å². The van der Waals surface area contributed by atoms with Crippen molar-refractivity contribution in [1.29, 1.82) is 0 Å². The van der Waals surface area contributed by atoms with Gasteiger partial charge in [0.1, 0.15) is 5.37 Å². The van der Waals surface area contributed by atoms with E-state index in [1.807, 2.05) is 77.7 Å². The minimum Gasteiger partial charge on any atom is -0.347 e. The van der Waals surface area contributed by atoms with Crippen LogP contribution >= 0.6 is 11.8 Å². The maximum atomic E-state index is 13.7. The van der Waals surface area contributed by atoms with Crippen LogP contribution in [0.25, 0.3) is 11.1 Å². The molecule has 0 aromatic heterocycles. The Morgan fingerprint density at radius 1 is 0.854 bits per heavy atom. The summed E-state index contributed by atoms with van der Waals surface area (Å²) in [6.07, 6.45) is 0.681. The van der Waals surface area contributed by atoms with E-state index in [0.29, 0.717) is 25.3 Å². The van der Waals surface area contributed by atoms with Crippen LogP contribution in [0.4, 0.5) is 0 Å². The predicted octanol–water partition coefficient (Wildman–Crippen LogP) is 3.83. The number of carbonyl (C=O) groups excluding carboxylic acids is 2. The summed E-state index contributed by atoms with van der Waals surface area (Å²) in [6, 6.07) is 26.2. The highest BCUT2D eigenvalue weighted by Crippen LogP contribution is 2.32. The molecule has 2 amide bonds. The minimum atomic E-state index is -3.86. The van der Waals surface area contributed by atoms with Gasteiger partial charge < -0.3 is 10.2 Å². The Labute approximate surface area is 246 Å².